The number of amides is 2. The molecule has 1 atom stereocenters. The molecule has 2 amide bonds. The zero-order chi connectivity index (χ0) is 26.9. The SMILES string of the molecule is Cc1cccc(C)c1CNc1cc(NC(=O)[C@@H]2CCCCN2C(=O)OC(C)(C)C)cn2c(C)c(C)nc12. The van der Waals surface area contributed by atoms with Crippen LogP contribution in [0.1, 0.15) is 68.1 Å². The third-order valence-electron chi connectivity index (χ3n) is 7.00. The Kier molecular flexibility index (Phi) is 7.48. The van der Waals surface area contributed by atoms with Gasteiger partial charge in [0.05, 0.1) is 17.1 Å². The summed E-state index contributed by atoms with van der Waals surface area (Å²) in [5.74, 6) is -0.208. The zero-order valence-corrected chi connectivity index (χ0v) is 23.1. The van der Waals surface area contributed by atoms with E-state index in [-0.39, 0.29) is 5.91 Å². The number of imidazole rings is 1. The molecule has 8 heteroatoms. The van der Waals surface area contributed by atoms with E-state index < -0.39 is 17.7 Å². The Balaban J connectivity index is 1.61. The summed E-state index contributed by atoms with van der Waals surface area (Å²) in [6.45, 7) is 14.9. The van der Waals surface area contributed by atoms with Crippen LogP contribution in [-0.2, 0) is 16.1 Å². The lowest BCUT2D eigenvalue weighted by atomic mass is 10.0. The molecule has 0 aliphatic carbocycles. The lowest BCUT2D eigenvalue weighted by Gasteiger charge is -2.35. The number of ether oxygens (including phenoxy) is 1. The van der Waals surface area contributed by atoms with Gasteiger partial charge in [0, 0.05) is 25.0 Å². The summed E-state index contributed by atoms with van der Waals surface area (Å²) < 4.78 is 7.59. The number of aryl methyl sites for hydroxylation is 4. The van der Waals surface area contributed by atoms with Crippen LogP contribution in [0, 0.1) is 27.7 Å². The van der Waals surface area contributed by atoms with Crippen LogP contribution in [0.3, 0.4) is 0 Å². The van der Waals surface area contributed by atoms with E-state index in [1.54, 1.807) is 4.90 Å². The van der Waals surface area contributed by atoms with Crippen molar-refractivity contribution in [3.63, 3.8) is 0 Å². The highest BCUT2D eigenvalue weighted by molar-refractivity contribution is 5.97. The molecule has 2 aromatic heterocycles. The fourth-order valence-corrected chi connectivity index (χ4v) is 4.85. The average Bonchev–Trinajstić information content (AvgIpc) is 3.11. The molecule has 2 N–H and O–H groups in total. The number of nitrogens with one attached hydrogen (secondary N) is 2. The highest BCUT2D eigenvalue weighted by Gasteiger charge is 2.35. The van der Waals surface area contributed by atoms with Crippen molar-refractivity contribution < 1.29 is 14.3 Å². The van der Waals surface area contributed by atoms with Gasteiger partial charge in [0.15, 0.2) is 5.65 Å². The number of benzene rings is 1. The van der Waals surface area contributed by atoms with E-state index in [0.717, 1.165) is 35.6 Å². The first-order valence-electron chi connectivity index (χ1n) is 13.0. The van der Waals surface area contributed by atoms with Crippen molar-refractivity contribution in [3.05, 3.63) is 58.5 Å². The number of anilines is 2. The quantitative estimate of drug-likeness (QED) is 0.450. The molecule has 1 aliphatic heterocycles. The topological polar surface area (TPSA) is 88.0 Å². The summed E-state index contributed by atoms with van der Waals surface area (Å²) in [5, 5.41) is 6.63. The van der Waals surface area contributed by atoms with Gasteiger partial charge in [-0.3, -0.25) is 9.69 Å². The number of carbonyl (C=O) groups excluding carboxylic acids is 2. The summed E-state index contributed by atoms with van der Waals surface area (Å²) >= 11 is 0. The molecular weight excluding hydrogens is 466 g/mol. The second kappa shape index (κ2) is 10.4. The molecule has 0 radical (unpaired) electrons. The number of carbonyl (C=O) groups is 2. The van der Waals surface area contributed by atoms with Gasteiger partial charge < -0.3 is 19.8 Å². The Morgan fingerprint density at radius 2 is 1.81 bits per heavy atom. The molecule has 0 spiro atoms. The molecule has 37 heavy (non-hydrogen) atoms. The summed E-state index contributed by atoms with van der Waals surface area (Å²) in [6, 6.07) is 7.64. The Morgan fingerprint density at radius 3 is 2.49 bits per heavy atom. The van der Waals surface area contributed by atoms with Crippen LogP contribution in [0.2, 0.25) is 0 Å². The minimum atomic E-state index is -0.618. The van der Waals surface area contributed by atoms with Gasteiger partial charge in [-0.05, 0) is 90.5 Å². The lowest BCUT2D eigenvalue weighted by molar-refractivity contribution is -0.122. The van der Waals surface area contributed by atoms with Crippen LogP contribution < -0.4 is 10.6 Å². The van der Waals surface area contributed by atoms with Crippen molar-refractivity contribution >= 4 is 29.0 Å². The molecule has 3 aromatic rings. The minimum absolute atomic E-state index is 0.208. The summed E-state index contributed by atoms with van der Waals surface area (Å²) in [6.07, 6.45) is 3.80. The molecule has 0 unspecified atom stereocenters. The normalized spacial score (nSPS) is 16.1. The maximum Gasteiger partial charge on any atom is 0.410 e. The Labute approximate surface area is 219 Å². The van der Waals surface area contributed by atoms with Crippen LogP contribution in [0.4, 0.5) is 16.2 Å². The van der Waals surface area contributed by atoms with E-state index in [2.05, 4.69) is 42.7 Å². The van der Waals surface area contributed by atoms with Crippen molar-refractivity contribution in [3.8, 4) is 0 Å². The number of aromatic nitrogens is 2. The first-order chi connectivity index (χ1) is 17.4. The van der Waals surface area contributed by atoms with Crippen LogP contribution in [0.15, 0.2) is 30.5 Å². The fraction of sp³-hybridized carbons (Fsp3) is 0.483. The number of piperidine rings is 1. The van der Waals surface area contributed by atoms with E-state index in [4.69, 9.17) is 9.72 Å². The molecule has 1 saturated heterocycles. The van der Waals surface area contributed by atoms with Gasteiger partial charge in [-0.25, -0.2) is 9.78 Å². The Bertz CT molecular complexity index is 1300. The van der Waals surface area contributed by atoms with Crippen molar-refractivity contribution in [1.29, 1.82) is 0 Å². The maximum absolute atomic E-state index is 13.4. The molecular formula is C29H39N5O3. The second-order valence-corrected chi connectivity index (χ2v) is 11.0. The first kappa shape index (κ1) is 26.5. The van der Waals surface area contributed by atoms with E-state index in [9.17, 15) is 9.59 Å². The molecule has 1 fully saturated rings. The number of hydrogen-bond donors (Lipinski definition) is 2. The van der Waals surface area contributed by atoms with Crippen molar-refractivity contribution in [2.45, 2.75) is 85.9 Å². The van der Waals surface area contributed by atoms with Crippen molar-refractivity contribution in [1.82, 2.24) is 14.3 Å². The molecule has 0 saturated carbocycles. The third-order valence-corrected chi connectivity index (χ3v) is 7.00. The number of likely N-dealkylation sites (tertiary alicyclic amines) is 1. The standard InChI is InChI=1S/C29H39N5O3/c1-18-11-10-12-19(2)23(18)16-30-24-15-22(17-34-21(4)20(3)31-26(24)34)32-27(35)25-13-8-9-14-33(25)28(36)37-29(5,6)7/h10-12,15,17,25,30H,8-9,13-14,16H2,1-7H3,(H,32,35)/t25-/m0/s1. The van der Waals surface area contributed by atoms with Gasteiger partial charge in [-0.2, -0.15) is 0 Å². The molecule has 4 rings (SSSR count). The molecule has 198 valence electrons. The summed E-state index contributed by atoms with van der Waals surface area (Å²) in [5.41, 5.74) is 7.31. The van der Waals surface area contributed by atoms with Gasteiger partial charge in [-0.15, -0.1) is 0 Å². The van der Waals surface area contributed by atoms with E-state index >= 15 is 0 Å². The first-order valence-corrected chi connectivity index (χ1v) is 13.0. The Hall–Kier alpha value is -3.55. The second-order valence-electron chi connectivity index (χ2n) is 11.0. The van der Waals surface area contributed by atoms with Crippen LogP contribution in [0.5, 0.6) is 0 Å². The van der Waals surface area contributed by atoms with Crippen molar-refractivity contribution in [2.75, 3.05) is 17.2 Å². The maximum atomic E-state index is 13.4. The predicted octanol–water partition coefficient (Wildman–Crippen LogP) is 5.91. The zero-order valence-electron chi connectivity index (χ0n) is 23.1. The number of hydrogen-bond acceptors (Lipinski definition) is 5. The number of pyridine rings is 1. The lowest BCUT2D eigenvalue weighted by Crippen LogP contribution is -2.51. The number of rotatable bonds is 5. The monoisotopic (exact) mass is 505 g/mol. The van der Waals surface area contributed by atoms with Crippen LogP contribution >= 0.6 is 0 Å². The van der Waals surface area contributed by atoms with E-state index in [1.807, 2.05) is 51.3 Å². The predicted molar refractivity (Wildman–Crippen MR) is 147 cm³/mol. The number of nitrogens with zero attached hydrogens (tertiary/aromatic N) is 3. The Morgan fingerprint density at radius 1 is 1.11 bits per heavy atom. The van der Waals surface area contributed by atoms with E-state index in [1.165, 1.54) is 16.7 Å². The molecule has 0 bridgehead atoms. The minimum Gasteiger partial charge on any atom is -0.444 e. The van der Waals surface area contributed by atoms with Gasteiger partial charge in [0.2, 0.25) is 5.91 Å². The number of fused-ring (bicyclic) bond motifs is 1. The van der Waals surface area contributed by atoms with Crippen LogP contribution in [0.25, 0.3) is 5.65 Å². The highest BCUT2D eigenvalue weighted by Crippen LogP contribution is 2.27. The van der Waals surface area contributed by atoms with Gasteiger partial charge in [0.25, 0.3) is 0 Å². The van der Waals surface area contributed by atoms with Crippen molar-refractivity contribution in [2.24, 2.45) is 0 Å². The van der Waals surface area contributed by atoms with Gasteiger partial charge in [-0.1, -0.05) is 18.2 Å². The van der Waals surface area contributed by atoms with E-state index in [0.29, 0.717) is 25.2 Å². The largest absolute Gasteiger partial charge is 0.444 e. The summed E-state index contributed by atoms with van der Waals surface area (Å²) in [7, 11) is 0. The van der Waals surface area contributed by atoms with Gasteiger partial charge >= 0.3 is 6.09 Å². The molecule has 8 nitrogen and oxygen atoms in total. The van der Waals surface area contributed by atoms with Gasteiger partial charge in [0.1, 0.15) is 11.6 Å². The molecule has 3 heterocycles. The highest BCUT2D eigenvalue weighted by atomic mass is 16.6. The molecule has 1 aliphatic rings. The third kappa shape index (κ3) is 5.89. The smallest absolute Gasteiger partial charge is 0.410 e. The summed E-state index contributed by atoms with van der Waals surface area (Å²) in [4.78, 5) is 32.6. The fourth-order valence-electron chi connectivity index (χ4n) is 4.85. The van der Waals surface area contributed by atoms with Crippen LogP contribution in [-0.4, -0.2) is 44.5 Å². The average molecular weight is 506 g/mol. The molecule has 1 aromatic carbocycles.